The fraction of sp³-hybridized carbons (Fsp3) is 0.917. The highest BCUT2D eigenvalue weighted by atomic mass is 127. The van der Waals surface area contributed by atoms with Crippen LogP contribution in [0.4, 0.5) is 0 Å². The van der Waals surface area contributed by atoms with Gasteiger partial charge in [0.15, 0.2) is 0 Å². The van der Waals surface area contributed by atoms with Gasteiger partial charge in [0, 0.05) is 19.0 Å². The van der Waals surface area contributed by atoms with Crippen molar-refractivity contribution in [1.82, 2.24) is 9.80 Å². The van der Waals surface area contributed by atoms with Crippen LogP contribution in [-0.4, -0.2) is 48.4 Å². The summed E-state index contributed by atoms with van der Waals surface area (Å²) in [5, 5.41) is 0. The molecule has 0 aromatic carbocycles. The van der Waals surface area contributed by atoms with E-state index in [9.17, 15) is 4.79 Å². The summed E-state index contributed by atoms with van der Waals surface area (Å²) in [6.45, 7) is 11.3. The Morgan fingerprint density at radius 1 is 1.19 bits per heavy atom. The van der Waals surface area contributed by atoms with Gasteiger partial charge in [-0.2, -0.15) is 0 Å². The summed E-state index contributed by atoms with van der Waals surface area (Å²) in [5.41, 5.74) is 0. The van der Waals surface area contributed by atoms with Crippen molar-refractivity contribution in [2.75, 3.05) is 32.7 Å². The maximum Gasteiger partial charge on any atom is 0.225 e. The molecule has 0 atom stereocenters. The minimum absolute atomic E-state index is 0. The molecule has 0 aromatic rings. The van der Waals surface area contributed by atoms with Gasteiger partial charge in [-0.15, -0.1) is 24.0 Å². The molecule has 1 fully saturated rings. The lowest BCUT2D eigenvalue weighted by atomic mass is 9.95. The van der Waals surface area contributed by atoms with Crippen LogP contribution in [0.15, 0.2) is 0 Å². The van der Waals surface area contributed by atoms with E-state index in [1.54, 1.807) is 0 Å². The molecule has 1 amide bonds. The normalized spacial score (nSPS) is 17.9. The number of carbonyl (C=O) groups excluding carboxylic acids is 1. The summed E-state index contributed by atoms with van der Waals surface area (Å²) >= 11 is 0. The van der Waals surface area contributed by atoms with Crippen molar-refractivity contribution in [3.8, 4) is 0 Å². The third-order valence-corrected chi connectivity index (χ3v) is 3.46. The first-order chi connectivity index (χ1) is 7.22. The number of hydrogen-bond donors (Lipinski definition) is 0. The summed E-state index contributed by atoms with van der Waals surface area (Å²) in [5.74, 6) is 0.656. The van der Waals surface area contributed by atoms with Gasteiger partial charge >= 0.3 is 0 Å². The number of rotatable bonds is 4. The molecule has 4 heteroatoms. The first kappa shape index (κ1) is 16.2. The Bertz CT molecular complexity index is 199. The highest BCUT2D eigenvalue weighted by Gasteiger charge is 2.26. The molecule has 0 aliphatic carbocycles. The third-order valence-electron chi connectivity index (χ3n) is 3.46. The van der Waals surface area contributed by atoms with Gasteiger partial charge in [0.05, 0.1) is 0 Å². The number of nitrogens with zero attached hydrogens (tertiary/aromatic N) is 2. The minimum Gasteiger partial charge on any atom is -0.343 e. The van der Waals surface area contributed by atoms with E-state index >= 15 is 0 Å². The first-order valence-electron chi connectivity index (χ1n) is 6.24. The quantitative estimate of drug-likeness (QED) is 0.733. The average Bonchev–Trinajstić information content (AvgIpc) is 2.30. The molecule has 1 aliphatic heterocycles. The van der Waals surface area contributed by atoms with E-state index in [0.717, 1.165) is 45.6 Å². The van der Waals surface area contributed by atoms with Crippen LogP contribution in [0.3, 0.4) is 0 Å². The molecule has 0 aromatic heterocycles. The van der Waals surface area contributed by atoms with Gasteiger partial charge in [-0.25, -0.2) is 0 Å². The number of piperidine rings is 1. The Hall–Kier alpha value is 0.160. The molecule has 16 heavy (non-hydrogen) atoms. The molecule has 0 bridgehead atoms. The first-order valence-corrected chi connectivity index (χ1v) is 6.24. The van der Waals surface area contributed by atoms with Crippen molar-refractivity contribution in [1.29, 1.82) is 0 Å². The SMILES string of the molecule is CCN1CCC(C(=O)N(CC)CC)CC1.I. The summed E-state index contributed by atoms with van der Waals surface area (Å²) in [6.07, 6.45) is 2.09. The second-order valence-corrected chi connectivity index (χ2v) is 4.22. The van der Waals surface area contributed by atoms with E-state index in [2.05, 4.69) is 25.7 Å². The zero-order valence-corrected chi connectivity index (χ0v) is 13.1. The van der Waals surface area contributed by atoms with E-state index in [4.69, 9.17) is 0 Å². The maximum atomic E-state index is 12.1. The van der Waals surface area contributed by atoms with Crippen LogP contribution < -0.4 is 0 Å². The largest absolute Gasteiger partial charge is 0.343 e. The lowest BCUT2D eigenvalue weighted by molar-refractivity contribution is -0.136. The van der Waals surface area contributed by atoms with Crippen LogP contribution in [0.25, 0.3) is 0 Å². The van der Waals surface area contributed by atoms with Crippen LogP contribution in [0, 0.1) is 5.92 Å². The molecular weight excluding hydrogens is 315 g/mol. The molecule has 0 unspecified atom stereocenters. The number of halogens is 1. The third kappa shape index (κ3) is 4.20. The fourth-order valence-electron chi connectivity index (χ4n) is 2.29. The van der Waals surface area contributed by atoms with Crippen molar-refractivity contribution in [2.24, 2.45) is 5.92 Å². The standard InChI is InChI=1S/C12H24N2O.HI/c1-4-13-9-7-11(8-10-13)12(15)14(5-2)6-3;/h11H,4-10H2,1-3H3;1H. The molecule has 0 N–H and O–H groups in total. The van der Waals surface area contributed by atoms with E-state index in [-0.39, 0.29) is 29.9 Å². The zero-order chi connectivity index (χ0) is 11.3. The molecule has 0 spiro atoms. The number of carbonyl (C=O) groups is 1. The van der Waals surface area contributed by atoms with Crippen molar-refractivity contribution >= 4 is 29.9 Å². The Balaban J connectivity index is 0.00000225. The second kappa shape index (κ2) is 8.28. The van der Waals surface area contributed by atoms with E-state index in [0.29, 0.717) is 5.91 Å². The number of likely N-dealkylation sites (tertiary alicyclic amines) is 1. The van der Waals surface area contributed by atoms with Crippen LogP contribution in [-0.2, 0) is 4.79 Å². The molecule has 96 valence electrons. The highest BCUT2D eigenvalue weighted by Crippen LogP contribution is 2.19. The monoisotopic (exact) mass is 340 g/mol. The molecular formula is C12H25IN2O. The lowest BCUT2D eigenvalue weighted by Gasteiger charge is -2.33. The molecule has 1 aliphatic rings. The summed E-state index contributed by atoms with van der Waals surface area (Å²) in [4.78, 5) is 16.4. The predicted octanol–water partition coefficient (Wildman–Crippen LogP) is 2.20. The topological polar surface area (TPSA) is 23.6 Å². The van der Waals surface area contributed by atoms with Crippen LogP contribution >= 0.6 is 24.0 Å². The second-order valence-electron chi connectivity index (χ2n) is 4.22. The summed E-state index contributed by atoms with van der Waals surface area (Å²) < 4.78 is 0. The zero-order valence-electron chi connectivity index (χ0n) is 10.7. The lowest BCUT2D eigenvalue weighted by Crippen LogP contribution is -2.42. The van der Waals surface area contributed by atoms with E-state index in [1.165, 1.54) is 0 Å². The Morgan fingerprint density at radius 2 is 1.69 bits per heavy atom. The van der Waals surface area contributed by atoms with Crippen LogP contribution in [0.1, 0.15) is 33.6 Å². The molecule has 1 saturated heterocycles. The Morgan fingerprint density at radius 3 is 2.06 bits per heavy atom. The van der Waals surface area contributed by atoms with Gasteiger partial charge in [-0.3, -0.25) is 4.79 Å². The Labute approximate surface area is 117 Å². The van der Waals surface area contributed by atoms with Crippen LogP contribution in [0.5, 0.6) is 0 Å². The van der Waals surface area contributed by atoms with Gasteiger partial charge in [-0.1, -0.05) is 6.92 Å². The molecule has 1 rings (SSSR count). The van der Waals surface area contributed by atoms with E-state index in [1.807, 2.05) is 4.90 Å². The smallest absolute Gasteiger partial charge is 0.225 e. The Kier molecular flexibility index (Phi) is 8.36. The van der Waals surface area contributed by atoms with Crippen molar-refractivity contribution < 1.29 is 4.79 Å². The predicted molar refractivity (Wildman–Crippen MR) is 78.2 cm³/mol. The summed E-state index contributed by atoms with van der Waals surface area (Å²) in [7, 11) is 0. The van der Waals surface area contributed by atoms with Crippen molar-refractivity contribution in [3.05, 3.63) is 0 Å². The maximum absolute atomic E-state index is 12.1. The fourth-order valence-corrected chi connectivity index (χ4v) is 2.29. The van der Waals surface area contributed by atoms with Gasteiger partial charge in [0.25, 0.3) is 0 Å². The molecule has 0 saturated carbocycles. The van der Waals surface area contributed by atoms with E-state index < -0.39 is 0 Å². The van der Waals surface area contributed by atoms with Crippen molar-refractivity contribution in [2.45, 2.75) is 33.6 Å². The van der Waals surface area contributed by atoms with Gasteiger partial charge in [-0.05, 0) is 46.3 Å². The highest BCUT2D eigenvalue weighted by molar-refractivity contribution is 14.0. The van der Waals surface area contributed by atoms with Crippen molar-refractivity contribution in [3.63, 3.8) is 0 Å². The molecule has 1 heterocycles. The molecule has 3 nitrogen and oxygen atoms in total. The number of amides is 1. The van der Waals surface area contributed by atoms with Crippen LogP contribution in [0.2, 0.25) is 0 Å². The summed E-state index contributed by atoms with van der Waals surface area (Å²) in [6, 6.07) is 0. The minimum atomic E-state index is 0. The van der Waals surface area contributed by atoms with Gasteiger partial charge in [0.2, 0.25) is 5.91 Å². The molecule has 0 radical (unpaired) electrons. The van der Waals surface area contributed by atoms with Gasteiger partial charge in [0.1, 0.15) is 0 Å². The average molecular weight is 340 g/mol. The van der Waals surface area contributed by atoms with Gasteiger partial charge < -0.3 is 9.80 Å². The number of hydrogen-bond acceptors (Lipinski definition) is 2.